The van der Waals surface area contributed by atoms with Crippen LogP contribution in [-0.4, -0.2) is 21.6 Å². The fourth-order valence-corrected chi connectivity index (χ4v) is 4.67. The van der Waals surface area contributed by atoms with E-state index in [2.05, 4.69) is 11.1 Å². The van der Waals surface area contributed by atoms with Crippen molar-refractivity contribution in [2.45, 2.75) is 11.1 Å². The molecule has 0 fully saturated rings. The maximum absolute atomic E-state index is 13.0. The lowest BCUT2D eigenvalue weighted by atomic mass is 10.0. The molecule has 1 aromatic carbocycles. The van der Waals surface area contributed by atoms with Gasteiger partial charge in [-0.25, -0.2) is 0 Å². The monoisotopic (exact) mass is 355 g/mol. The first kappa shape index (κ1) is 16.3. The Morgan fingerprint density at radius 2 is 2.25 bits per heavy atom. The fraction of sp³-hybridized carbons (Fsp3) is 0.118. The molecule has 0 atom stereocenters. The van der Waals surface area contributed by atoms with Gasteiger partial charge in [-0.2, -0.15) is 5.26 Å². The van der Waals surface area contributed by atoms with E-state index < -0.39 is 0 Å². The van der Waals surface area contributed by atoms with E-state index in [0.29, 0.717) is 26.9 Å². The van der Waals surface area contributed by atoms with Gasteiger partial charge < -0.3 is 10.8 Å². The van der Waals surface area contributed by atoms with Crippen molar-refractivity contribution in [1.29, 1.82) is 5.26 Å². The van der Waals surface area contributed by atoms with Crippen LogP contribution in [0.15, 0.2) is 34.7 Å². The molecule has 24 heavy (non-hydrogen) atoms. The van der Waals surface area contributed by atoms with E-state index in [9.17, 15) is 15.2 Å². The molecule has 3 rings (SSSR count). The maximum atomic E-state index is 13.0. The Morgan fingerprint density at radius 1 is 1.46 bits per heavy atom. The summed E-state index contributed by atoms with van der Waals surface area (Å²) >= 11 is 2.73. The molecule has 0 aliphatic rings. The highest BCUT2D eigenvalue weighted by molar-refractivity contribution is 8.01. The molecule has 2 heterocycles. The van der Waals surface area contributed by atoms with Gasteiger partial charge in [-0.05, 0) is 24.0 Å². The zero-order valence-electron chi connectivity index (χ0n) is 12.7. The Bertz CT molecular complexity index is 989. The van der Waals surface area contributed by atoms with E-state index in [4.69, 9.17) is 5.73 Å². The number of hydrogen-bond donors (Lipinski definition) is 2. The molecule has 0 spiro atoms. The third-order valence-electron chi connectivity index (χ3n) is 3.50. The Morgan fingerprint density at radius 3 is 2.96 bits per heavy atom. The number of fused-ring (bicyclic) bond motifs is 1. The van der Waals surface area contributed by atoms with Crippen LogP contribution in [-0.2, 0) is 0 Å². The number of ketones is 1. The summed E-state index contributed by atoms with van der Waals surface area (Å²) in [6.45, 7) is 1.97. The number of aromatic hydroxyl groups is 1. The molecule has 2 aromatic heterocycles. The highest BCUT2D eigenvalue weighted by Crippen LogP contribution is 2.39. The molecule has 3 aromatic rings. The number of carbonyl (C=O) groups is 1. The van der Waals surface area contributed by atoms with Crippen LogP contribution >= 0.6 is 23.1 Å². The second-order valence-electron chi connectivity index (χ2n) is 4.91. The minimum absolute atomic E-state index is 0.0150. The number of aromatic nitrogens is 1. The number of pyridine rings is 1. The van der Waals surface area contributed by atoms with Crippen LogP contribution in [0, 0.1) is 11.3 Å². The smallest absolute Gasteiger partial charge is 0.205 e. The number of anilines is 1. The molecule has 0 aliphatic carbocycles. The van der Waals surface area contributed by atoms with Gasteiger partial charge in [0.2, 0.25) is 5.78 Å². The normalized spacial score (nSPS) is 10.7. The average Bonchev–Trinajstić information content (AvgIpc) is 2.91. The summed E-state index contributed by atoms with van der Waals surface area (Å²) in [4.78, 5) is 17.4. The molecular formula is C17H13N3O2S2. The molecule has 0 saturated heterocycles. The SMILES string of the molecule is CCSc1sc(C(=O)c2ccc(O)c3ncccc23)c(N)c1C#N. The van der Waals surface area contributed by atoms with E-state index in [0.717, 1.165) is 9.96 Å². The number of nitriles is 1. The molecule has 0 saturated carbocycles. The Kier molecular flexibility index (Phi) is 4.42. The summed E-state index contributed by atoms with van der Waals surface area (Å²) in [7, 11) is 0. The van der Waals surface area contributed by atoms with Gasteiger partial charge in [0.05, 0.1) is 9.90 Å². The maximum Gasteiger partial charge on any atom is 0.205 e. The van der Waals surface area contributed by atoms with Crippen LogP contribution in [0.3, 0.4) is 0 Å². The number of thioether (sulfide) groups is 1. The van der Waals surface area contributed by atoms with Crippen molar-refractivity contribution >= 4 is 45.5 Å². The number of benzene rings is 1. The van der Waals surface area contributed by atoms with Crippen molar-refractivity contribution in [1.82, 2.24) is 4.98 Å². The molecule has 5 nitrogen and oxygen atoms in total. The molecule has 0 unspecified atom stereocenters. The van der Waals surface area contributed by atoms with Gasteiger partial charge in [-0.3, -0.25) is 9.78 Å². The van der Waals surface area contributed by atoms with Crippen molar-refractivity contribution in [2.24, 2.45) is 0 Å². The van der Waals surface area contributed by atoms with Crippen molar-refractivity contribution in [3.05, 3.63) is 46.5 Å². The predicted octanol–water partition coefficient (Wildman–Crippen LogP) is 3.80. The van der Waals surface area contributed by atoms with E-state index >= 15 is 0 Å². The summed E-state index contributed by atoms with van der Waals surface area (Å²) < 4.78 is 0.752. The van der Waals surface area contributed by atoms with Crippen molar-refractivity contribution in [3.63, 3.8) is 0 Å². The summed E-state index contributed by atoms with van der Waals surface area (Å²) in [5.74, 6) is 0.533. The third-order valence-corrected chi connectivity index (χ3v) is 5.86. The number of carbonyl (C=O) groups excluding carboxylic acids is 1. The second-order valence-corrected chi connectivity index (χ2v) is 7.47. The number of nitrogen functional groups attached to an aromatic ring is 1. The molecule has 0 radical (unpaired) electrons. The fourth-order valence-electron chi connectivity index (χ4n) is 2.41. The standard InChI is InChI=1S/C17H13N3O2S2/c1-2-23-17-11(8-18)13(19)16(24-17)15(22)10-5-6-12(21)14-9(10)4-3-7-20-14/h3-7,21H,2,19H2,1H3. The van der Waals surface area contributed by atoms with Crippen LogP contribution in [0.25, 0.3) is 10.9 Å². The number of thiophene rings is 1. The number of phenols is 1. The Balaban J connectivity index is 2.18. The number of nitrogens with zero attached hydrogens (tertiary/aromatic N) is 2. The summed E-state index contributed by atoms with van der Waals surface area (Å²) in [5.41, 5.74) is 7.39. The molecular weight excluding hydrogens is 342 g/mol. The van der Waals surface area contributed by atoms with Crippen molar-refractivity contribution in [2.75, 3.05) is 11.5 Å². The lowest BCUT2D eigenvalue weighted by molar-refractivity contribution is 0.104. The lowest BCUT2D eigenvalue weighted by Gasteiger charge is -2.06. The largest absolute Gasteiger partial charge is 0.506 e. The van der Waals surface area contributed by atoms with Gasteiger partial charge in [0, 0.05) is 17.1 Å². The molecule has 7 heteroatoms. The van der Waals surface area contributed by atoms with Gasteiger partial charge in [-0.15, -0.1) is 23.1 Å². The molecule has 3 N–H and O–H groups in total. The van der Waals surface area contributed by atoms with Crippen molar-refractivity contribution in [3.8, 4) is 11.8 Å². The van der Waals surface area contributed by atoms with E-state index in [1.165, 1.54) is 29.2 Å². The number of hydrogen-bond acceptors (Lipinski definition) is 7. The minimum Gasteiger partial charge on any atom is -0.506 e. The first-order valence-corrected chi connectivity index (χ1v) is 8.95. The highest BCUT2D eigenvalue weighted by atomic mass is 32.2. The Hall–Kier alpha value is -2.56. The van der Waals surface area contributed by atoms with Gasteiger partial charge in [0.1, 0.15) is 27.8 Å². The zero-order valence-corrected chi connectivity index (χ0v) is 14.4. The van der Waals surface area contributed by atoms with Gasteiger partial charge in [0.25, 0.3) is 0 Å². The van der Waals surface area contributed by atoms with E-state index in [1.54, 1.807) is 24.4 Å². The van der Waals surface area contributed by atoms with Gasteiger partial charge in [0.15, 0.2) is 0 Å². The topological polar surface area (TPSA) is 100 Å². The Labute approximate surface area is 146 Å². The van der Waals surface area contributed by atoms with Crippen molar-refractivity contribution < 1.29 is 9.90 Å². The minimum atomic E-state index is -0.269. The second kappa shape index (κ2) is 6.51. The van der Waals surface area contributed by atoms with Gasteiger partial charge in [-0.1, -0.05) is 13.0 Å². The van der Waals surface area contributed by atoms with E-state index in [-0.39, 0.29) is 17.2 Å². The van der Waals surface area contributed by atoms with Crippen LogP contribution in [0.2, 0.25) is 0 Å². The first-order valence-electron chi connectivity index (χ1n) is 7.15. The molecule has 0 aliphatic heterocycles. The van der Waals surface area contributed by atoms with Gasteiger partial charge >= 0.3 is 0 Å². The van der Waals surface area contributed by atoms with Crippen LogP contribution in [0.4, 0.5) is 5.69 Å². The average molecular weight is 355 g/mol. The zero-order chi connectivity index (χ0) is 17.3. The molecule has 0 amide bonds. The molecule has 0 bridgehead atoms. The summed E-state index contributed by atoms with van der Waals surface area (Å²) in [6.07, 6.45) is 1.56. The number of phenolic OH excluding ortho intramolecular Hbond substituents is 1. The summed E-state index contributed by atoms with van der Waals surface area (Å²) in [5, 5.41) is 19.8. The number of rotatable bonds is 4. The predicted molar refractivity (Wildman–Crippen MR) is 96.7 cm³/mol. The molecule has 120 valence electrons. The van der Waals surface area contributed by atoms with Crippen LogP contribution < -0.4 is 5.73 Å². The third kappa shape index (κ3) is 2.60. The van der Waals surface area contributed by atoms with E-state index in [1.807, 2.05) is 6.92 Å². The highest BCUT2D eigenvalue weighted by Gasteiger charge is 2.24. The quantitative estimate of drug-likeness (QED) is 0.545. The summed E-state index contributed by atoms with van der Waals surface area (Å²) in [6, 6.07) is 8.51. The first-order chi connectivity index (χ1) is 11.6. The lowest BCUT2D eigenvalue weighted by Crippen LogP contribution is -2.04. The number of nitrogens with two attached hydrogens (primary N) is 1. The van der Waals surface area contributed by atoms with Crippen LogP contribution in [0.5, 0.6) is 5.75 Å². The van der Waals surface area contributed by atoms with Crippen LogP contribution in [0.1, 0.15) is 27.7 Å².